The molecule has 1 aromatic carbocycles. The number of aryl methyl sites for hydroxylation is 1. The van der Waals surface area contributed by atoms with E-state index in [1.54, 1.807) is 7.11 Å². The maximum Gasteiger partial charge on any atom is 0.122 e. The van der Waals surface area contributed by atoms with E-state index in [1.165, 1.54) is 5.56 Å². The largest absolute Gasteiger partial charge is 0.497 e. The molecule has 1 N–H and O–H groups in total. The van der Waals surface area contributed by atoms with Crippen molar-refractivity contribution in [3.05, 3.63) is 53.3 Å². The standard InChI is InChI=1S/C17H22N2O/c1-12(2)14-5-7-15(8-6-14)18-11-16-10-17(20-4)9-13(3)19-16/h5-10,12,18H,11H2,1-4H3. The van der Waals surface area contributed by atoms with Gasteiger partial charge in [-0.15, -0.1) is 0 Å². The van der Waals surface area contributed by atoms with Crippen molar-refractivity contribution in [2.75, 3.05) is 12.4 Å². The molecule has 0 amide bonds. The van der Waals surface area contributed by atoms with Crippen molar-refractivity contribution in [2.24, 2.45) is 0 Å². The van der Waals surface area contributed by atoms with Gasteiger partial charge in [0.1, 0.15) is 5.75 Å². The molecule has 106 valence electrons. The number of hydrogen-bond donors (Lipinski definition) is 1. The number of hydrogen-bond acceptors (Lipinski definition) is 3. The van der Waals surface area contributed by atoms with E-state index in [1.807, 2.05) is 19.1 Å². The zero-order valence-corrected chi connectivity index (χ0v) is 12.6. The van der Waals surface area contributed by atoms with E-state index in [-0.39, 0.29) is 0 Å². The number of nitrogens with zero attached hydrogens (tertiary/aromatic N) is 1. The highest BCUT2D eigenvalue weighted by atomic mass is 16.5. The van der Waals surface area contributed by atoms with Crippen molar-refractivity contribution < 1.29 is 4.74 Å². The number of anilines is 1. The van der Waals surface area contributed by atoms with Crippen LogP contribution in [0.5, 0.6) is 5.75 Å². The number of benzene rings is 1. The summed E-state index contributed by atoms with van der Waals surface area (Å²) in [6, 6.07) is 12.4. The molecule has 3 heteroatoms. The minimum atomic E-state index is 0.562. The fourth-order valence-electron chi connectivity index (χ4n) is 2.09. The Balaban J connectivity index is 2.03. The van der Waals surface area contributed by atoms with Crippen LogP contribution in [0.2, 0.25) is 0 Å². The minimum Gasteiger partial charge on any atom is -0.497 e. The molecule has 0 unspecified atom stereocenters. The van der Waals surface area contributed by atoms with Crippen LogP contribution in [0.25, 0.3) is 0 Å². The molecule has 0 bridgehead atoms. The third-order valence-corrected chi connectivity index (χ3v) is 3.27. The zero-order chi connectivity index (χ0) is 14.5. The number of pyridine rings is 1. The van der Waals surface area contributed by atoms with Crippen LogP contribution < -0.4 is 10.1 Å². The molecule has 1 heterocycles. The Morgan fingerprint density at radius 2 is 1.85 bits per heavy atom. The third kappa shape index (κ3) is 3.73. The van der Waals surface area contributed by atoms with E-state index in [0.29, 0.717) is 12.5 Å². The predicted octanol–water partition coefficient (Wildman–Crippen LogP) is 4.13. The second-order valence-corrected chi connectivity index (χ2v) is 5.27. The molecule has 0 atom stereocenters. The fraction of sp³-hybridized carbons (Fsp3) is 0.353. The van der Waals surface area contributed by atoms with Gasteiger partial charge in [-0.25, -0.2) is 0 Å². The number of aromatic nitrogens is 1. The van der Waals surface area contributed by atoms with Crippen LogP contribution in [0, 0.1) is 6.92 Å². The summed E-state index contributed by atoms with van der Waals surface area (Å²) in [4.78, 5) is 4.50. The molecule has 0 aliphatic heterocycles. The molecule has 0 spiro atoms. The smallest absolute Gasteiger partial charge is 0.122 e. The van der Waals surface area contributed by atoms with Crippen LogP contribution in [0.4, 0.5) is 5.69 Å². The molecule has 0 saturated heterocycles. The Morgan fingerprint density at radius 1 is 1.15 bits per heavy atom. The van der Waals surface area contributed by atoms with Gasteiger partial charge in [0.2, 0.25) is 0 Å². The Labute approximate surface area is 121 Å². The van der Waals surface area contributed by atoms with Crippen molar-refractivity contribution in [1.29, 1.82) is 0 Å². The summed E-state index contributed by atoms with van der Waals surface area (Å²) in [6.45, 7) is 7.07. The van der Waals surface area contributed by atoms with Crippen molar-refractivity contribution in [1.82, 2.24) is 4.98 Å². The number of ether oxygens (including phenoxy) is 1. The highest BCUT2D eigenvalue weighted by molar-refractivity contribution is 5.45. The Hall–Kier alpha value is -2.03. The van der Waals surface area contributed by atoms with Crippen molar-refractivity contribution in [3.8, 4) is 5.75 Å². The van der Waals surface area contributed by atoms with Crippen LogP contribution in [-0.2, 0) is 6.54 Å². The summed E-state index contributed by atoms with van der Waals surface area (Å²) in [7, 11) is 1.68. The number of nitrogens with one attached hydrogen (secondary N) is 1. The second kappa shape index (κ2) is 6.42. The van der Waals surface area contributed by atoms with E-state index in [2.05, 4.69) is 48.4 Å². The summed E-state index contributed by atoms with van der Waals surface area (Å²) in [5.41, 5.74) is 4.41. The molecule has 0 radical (unpaired) electrons. The molecular weight excluding hydrogens is 248 g/mol. The second-order valence-electron chi connectivity index (χ2n) is 5.27. The van der Waals surface area contributed by atoms with Crippen LogP contribution in [0.1, 0.15) is 36.7 Å². The highest BCUT2D eigenvalue weighted by Crippen LogP contribution is 2.18. The van der Waals surface area contributed by atoms with Gasteiger partial charge in [0.25, 0.3) is 0 Å². The van der Waals surface area contributed by atoms with Gasteiger partial charge in [-0.3, -0.25) is 4.98 Å². The first kappa shape index (κ1) is 14.4. The monoisotopic (exact) mass is 270 g/mol. The van der Waals surface area contributed by atoms with Gasteiger partial charge >= 0.3 is 0 Å². The molecular formula is C17H22N2O. The van der Waals surface area contributed by atoms with Gasteiger partial charge in [0, 0.05) is 23.5 Å². The summed E-state index contributed by atoms with van der Waals surface area (Å²) >= 11 is 0. The van der Waals surface area contributed by atoms with Crippen LogP contribution >= 0.6 is 0 Å². The normalized spacial score (nSPS) is 10.7. The van der Waals surface area contributed by atoms with Crippen LogP contribution in [0.15, 0.2) is 36.4 Å². The van der Waals surface area contributed by atoms with Gasteiger partial charge in [-0.2, -0.15) is 0 Å². The molecule has 0 fully saturated rings. The first-order chi connectivity index (χ1) is 9.58. The summed E-state index contributed by atoms with van der Waals surface area (Å²) in [5.74, 6) is 1.41. The van der Waals surface area contributed by atoms with Crippen LogP contribution in [-0.4, -0.2) is 12.1 Å². The number of rotatable bonds is 5. The van der Waals surface area contributed by atoms with E-state index < -0.39 is 0 Å². The van der Waals surface area contributed by atoms with E-state index in [9.17, 15) is 0 Å². The Kier molecular flexibility index (Phi) is 4.61. The lowest BCUT2D eigenvalue weighted by molar-refractivity contribution is 0.413. The van der Waals surface area contributed by atoms with Crippen molar-refractivity contribution in [2.45, 2.75) is 33.2 Å². The SMILES string of the molecule is COc1cc(C)nc(CNc2ccc(C(C)C)cc2)c1. The summed E-state index contributed by atoms with van der Waals surface area (Å²) in [5, 5.41) is 3.39. The van der Waals surface area contributed by atoms with Crippen molar-refractivity contribution in [3.63, 3.8) is 0 Å². The Bertz CT molecular complexity index is 562. The first-order valence-electron chi connectivity index (χ1n) is 6.94. The van der Waals surface area contributed by atoms with Gasteiger partial charge < -0.3 is 10.1 Å². The summed E-state index contributed by atoms with van der Waals surface area (Å²) in [6.07, 6.45) is 0. The van der Waals surface area contributed by atoms with E-state index in [4.69, 9.17) is 4.74 Å². The molecule has 1 aromatic heterocycles. The molecule has 20 heavy (non-hydrogen) atoms. The maximum atomic E-state index is 5.26. The van der Waals surface area contributed by atoms with Gasteiger partial charge in [0.05, 0.1) is 19.3 Å². The van der Waals surface area contributed by atoms with Gasteiger partial charge in [-0.1, -0.05) is 26.0 Å². The predicted molar refractivity (Wildman–Crippen MR) is 83.4 cm³/mol. The molecule has 3 nitrogen and oxygen atoms in total. The quantitative estimate of drug-likeness (QED) is 0.887. The first-order valence-corrected chi connectivity index (χ1v) is 6.94. The molecule has 2 aromatic rings. The topological polar surface area (TPSA) is 34.1 Å². The lowest BCUT2D eigenvalue weighted by Crippen LogP contribution is -2.03. The lowest BCUT2D eigenvalue weighted by Gasteiger charge is -2.10. The van der Waals surface area contributed by atoms with Crippen molar-refractivity contribution >= 4 is 5.69 Å². The molecule has 2 rings (SSSR count). The third-order valence-electron chi connectivity index (χ3n) is 3.27. The van der Waals surface area contributed by atoms with Gasteiger partial charge in [-0.05, 0) is 30.5 Å². The molecule has 0 aliphatic rings. The molecule has 0 saturated carbocycles. The maximum absolute atomic E-state index is 5.26. The zero-order valence-electron chi connectivity index (χ0n) is 12.6. The lowest BCUT2D eigenvalue weighted by atomic mass is 10.0. The van der Waals surface area contributed by atoms with Crippen LogP contribution in [0.3, 0.4) is 0 Å². The van der Waals surface area contributed by atoms with E-state index in [0.717, 1.165) is 22.8 Å². The average molecular weight is 270 g/mol. The fourth-order valence-corrected chi connectivity index (χ4v) is 2.09. The minimum absolute atomic E-state index is 0.562. The van der Waals surface area contributed by atoms with Gasteiger partial charge in [0.15, 0.2) is 0 Å². The number of methoxy groups -OCH3 is 1. The van der Waals surface area contributed by atoms with E-state index >= 15 is 0 Å². The molecule has 0 aliphatic carbocycles. The summed E-state index contributed by atoms with van der Waals surface area (Å²) < 4.78 is 5.26. The average Bonchev–Trinajstić information content (AvgIpc) is 2.45. The Morgan fingerprint density at radius 3 is 2.45 bits per heavy atom. The highest BCUT2D eigenvalue weighted by Gasteiger charge is 2.02.